The average Bonchev–Trinajstić information content (AvgIpc) is 2.36. The van der Waals surface area contributed by atoms with E-state index in [1.165, 1.54) is 0 Å². The second-order valence-corrected chi connectivity index (χ2v) is 5.75. The zero-order valence-corrected chi connectivity index (χ0v) is 12.0. The molecular weight excluding hydrogens is 246 g/mol. The summed E-state index contributed by atoms with van der Waals surface area (Å²) >= 11 is 0. The largest absolute Gasteiger partial charge is 0.481 e. The molecule has 0 aromatic carbocycles. The summed E-state index contributed by atoms with van der Waals surface area (Å²) in [6, 6.07) is -0.126. The highest BCUT2D eigenvalue weighted by Gasteiger charge is 2.28. The van der Waals surface area contributed by atoms with E-state index < -0.39 is 11.4 Å². The number of carbonyl (C=O) groups excluding carboxylic acids is 1. The van der Waals surface area contributed by atoms with E-state index in [1.54, 1.807) is 13.8 Å². The van der Waals surface area contributed by atoms with E-state index in [2.05, 4.69) is 22.5 Å². The van der Waals surface area contributed by atoms with Gasteiger partial charge in [-0.25, -0.2) is 4.79 Å². The molecule has 6 nitrogen and oxygen atoms in total. The molecule has 1 heterocycles. The number of rotatable bonds is 5. The molecule has 0 spiro atoms. The van der Waals surface area contributed by atoms with E-state index in [0.717, 1.165) is 32.5 Å². The van der Waals surface area contributed by atoms with Crippen molar-refractivity contribution in [2.24, 2.45) is 5.41 Å². The fraction of sp³-hybridized carbons (Fsp3) is 0.846. The number of piperidine rings is 1. The van der Waals surface area contributed by atoms with Gasteiger partial charge in [-0.3, -0.25) is 4.79 Å². The quantitative estimate of drug-likeness (QED) is 0.693. The fourth-order valence-electron chi connectivity index (χ4n) is 2.07. The molecule has 0 radical (unpaired) electrons. The summed E-state index contributed by atoms with van der Waals surface area (Å²) in [7, 11) is 0. The number of urea groups is 1. The molecule has 1 saturated heterocycles. The van der Waals surface area contributed by atoms with E-state index in [9.17, 15) is 9.59 Å². The van der Waals surface area contributed by atoms with Gasteiger partial charge in [-0.05, 0) is 39.8 Å². The van der Waals surface area contributed by atoms with Crippen LogP contribution < -0.4 is 10.6 Å². The molecule has 3 N–H and O–H groups in total. The lowest BCUT2D eigenvalue weighted by Gasteiger charge is -2.32. The summed E-state index contributed by atoms with van der Waals surface area (Å²) in [5.41, 5.74) is -0.945. The third-order valence-corrected chi connectivity index (χ3v) is 3.56. The molecule has 0 bridgehead atoms. The van der Waals surface area contributed by atoms with Crippen LogP contribution in [0.1, 0.15) is 33.6 Å². The molecule has 19 heavy (non-hydrogen) atoms. The number of carboxylic acids is 1. The Labute approximate surface area is 114 Å². The molecule has 0 aromatic heterocycles. The third kappa shape index (κ3) is 5.06. The van der Waals surface area contributed by atoms with Gasteiger partial charge >= 0.3 is 12.0 Å². The zero-order chi connectivity index (χ0) is 14.5. The summed E-state index contributed by atoms with van der Waals surface area (Å²) in [5, 5.41) is 14.5. The third-order valence-electron chi connectivity index (χ3n) is 3.56. The summed E-state index contributed by atoms with van der Waals surface area (Å²) in [5.74, 6) is -0.914. The second kappa shape index (κ2) is 6.75. The number of likely N-dealkylation sites (N-methyl/N-ethyl adjacent to an activating group) is 1. The van der Waals surface area contributed by atoms with Crippen molar-refractivity contribution >= 4 is 12.0 Å². The molecular formula is C13H25N3O3. The van der Waals surface area contributed by atoms with Gasteiger partial charge in [-0.2, -0.15) is 0 Å². The number of carboxylic acid groups (broad SMARTS) is 1. The van der Waals surface area contributed by atoms with E-state index in [-0.39, 0.29) is 18.6 Å². The molecule has 0 aromatic rings. The predicted molar refractivity (Wildman–Crippen MR) is 73.1 cm³/mol. The van der Waals surface area contributed by atoms with Crippen molar-refractivity contribution in [2.75, 3.05) is 26.2 Å². The van der Waals surface area contributed by atoms with Gasteiger partial charge in [-0.15, -0.1) is 0 Å². The lowest BCUT2D eigenvalue weighted by Crippen LogP contribution is -2.52. The number of carbonyl (C=O) groups is 2. The van der Waals surface area contributed by atoms with Crippen molar-refractivity contribution < 1.29 is 14.7 Å². The first-order chi connectivity index (χ1) is 8.85. The number of aliphatic carboxylic acids is 1. The van der Waals surface area contributed by atoms with Gasteiger partial charge in [0.1, 0.15) is 0 Å². The van der Waals surface area contributed by atoms with Crippen molar-refractivity contribution in [3.8, 4) is 0 Å². The number of nitrogens with zero attached hydrogens (tertiary/aromatic N) is 1. The Balaban J connectivity index is 2.33. The number of likely N-dealkylation sites (tertiary alicyclic amines) is 1. The highest BCUT2D eigenvalue weighted by atomic mass is 16.4. The van der Waals surface area contributed by atoms with Gasteiger partial charge < -0.3 is 20.6 Å². The van der Waals surface area contributed by atoms with E-state index >= 15 is 0 Å². The van der Waals surface area contributed by atoms with Crippen molar-refractivity contribution in [3.63, 3.8) is 0 Å². The van der Waals surface area contributed by atoms with Crippen molar-refractivity contribution in [3.05, 3.63) is 0 Å². The molecule has 2 amide bonds. The topological polar surface area (TPSA) is 81.7 Å². The van der Waals surface area contributed by atoms with E-state index in [1.807, 2.05) is 0 Å². The second-order valence-electron chi connectivity index (χ2n) is 5.75. The van der Waals surface area contributed by atoms with Crippen molar-refractivity contribution in [1.82, 2.24) is 15.5 Å². The smallest absolute Gasteiger partial charge is 0.315 e. The highest BCUT2D eigenvalue weighted by Crippen LogP contribution is 2.13. The van der Waals surface area contributed by atoms with Gasteiger partial charge in [0.15, 0.2) is 0 Å². The number of nitrogens with one attached hydrogen (secondary N) is 2. The van der Waals surface area contributed by atoms with Crippen LogP contribution in [0.5, 0.6) is 0 Å². The first-order valence-electron chi connectivity index (χ1n) is 6.85. The number of amides is 2. The Hall–Kier alpha value is -1.30. The number of hydrogen-bond donors (Lipinski definition) is 3. The minimum absolute atomic E-state index is 0.123. The molecule has 110 valence electrons. The fourth-order valence-corrected chi connectivity index (χ4v) is 2.07. The van der Waals surface area contributed by atoms with Gasteiger partial charge in [0.25, 0.3) is 0 Å². The standard InChI is InChI=1S/C13H25N3O3/c1-4-16-7-5-6-10(8-16)15-12(19)14-9-13(2,3)11(17)18/h10H,4-9H2,1-3H3,(H,17,18)(H2,14,15,19). The molecule has 1 aliphatic heterocycles. The summed E-state index contributed by atoms with van der Waals surface area (Å²) in [6.45, 7) is 8.36. The van der Waals surface area contributed by atoms with Crippen LogP contribution in [0, 0.1) is 5.41 Å². The Morgan fingerprint density at radius 2 is 2.11 bits per heavy atom. The Morgan fingerprint density at radius 1 is 1.42 bits per heavy atom. The minimum Gasteiger partial charge on any atom is -0.481 e. The molecule has 0 saturated carbocycles. The van der Waals surface area contributed by atoms with Crippen LogP contribution in [-0.2, 0) is 4.79 Å². The lowest BCUT2D eigenvalue weighted by molar-refractivity contribution is -0.146. The Morgan fingerprint density at radius 3 is 2.68 bits per heavy atom. The van der Waals surface area contributed by atoms with Gasteiger partial charge in [0.2, 0.25) is 0 Å². The van der Waals surface area contributed by atoms with Crippen LogP contribution >= 0.6 is 0 Å². The Kier molecular flexibility index (Phi) is 5.60. The molecule has 1 unspecified atom stereocenters. The lowest BCUT2D eigenvalue weighted by atomic mass is 9.94. The Bertz CT molecular complexity index is 331. The summed E-state index contributed by atoms with van der Waals surface area (Å²) in [6.07, 6.45) is 2.06. The molecule has 0 aliphatic carbocycles. The maximum absolute atomic E-state index is 11.7. The molecule has 1 rings (SSSR count). The van der Waals surface area contributed by atoms with Crippen LogP contribution in [-0.4, -0.2) is 54.2 Å². The van der Waals surface area contributed by atoms with Gasteiger partial charge in [0, 0.05) is 19.1 Å². The highest BCUT2D eigenvalue weighted by molar-refractivity contribution is 5.77. The predicted octanol–water partition coefficient (Wildman–Crippen LogP) is 0.881. The maximum Gasteiger partial charge on any atom is 0.315 e. The molecule has 1 aliphatic rings. The van der Waals surface area contributed by atoms with Crippen LogP contribution in [0.4, 0.5) is 4.79 Å². The number of hydrogen-bond acceptors (Lipinski definition) is 3. The molecule has 1 fully saturated rings. The van der Waals surface area contributed by atoms with E-state index in [0.29, 0.717) is 0 Å². The monoisotopic (exact) mass is 271 g/mol. The summed E-state index contributed by atoms with van der Waals surface area (Å²) < 4.78 is 0. The van der Waals surface area contributed by atoms with Crippen LogP contribution in [0.25, 0.3) is 0 Å². The maximum atomic E-state index is 11.7. The minimum atomic E-state index is -0.945. The van der Waals surface area contributed by atoms with Gasteiger partial charge in [-0.1, -0.05) is 6.92 Å². The first-order valence-corrected chi connectivity index (χ1v) is 6.85. The van der Waals surface area contributed by atoms with Gasteiger partial charge in [0.05, 0.1) is 5.41 Å². The SMILES string of the molecule is CCN1CCCC(NC(=O)NCC(C)(C)C(=O)O)C1. The summed E-state index contributed by atoms with van der Waals surface area (Å²) in [4.78, 5) is 25.0. The van der Waals surface area contributed by atoms with E-state index in [4.69, 9.17) is 5.11 Å². The van der Waals surface area contributed by atoms with Crippen molar-refractivity contribution in [1.29, 1.82) is 0 Å². The molecule has 1 atom stereocenters. The van der Waals surface area contributed by atoms with Crippen LogP contribution in [0.2, 0.25) is 0 Å². The van der Waals surface area contributed by atoms with Crippen LogP contribution in [0.3, 0.4) is 0 Å². The average molecular weight is 271 g/mol. The van der Waals surface area contributed by atoms with Crippen molar-refractivity contribution in [2.45, 2.75) is 39.7 Å². The molecule has 6 heteroatoms. The van der Waals surface area contributed by atoms with Crippen LogP contribution in [0.15, 0.2) is 0 Å². The normalized spacial score (nSPS) is 20.9. The first kappa shape index (κ1) is 15.8. The zero-order valence-electron chi connectivity index (χ0n) is 12.0.